The van der Waals surface area contributed by atoms with Crippen LogP contribution in [-0.2, 0) is 0 Å². The van der Waals surface area contributed by atoms with Crippen LogP contribution >= 0.6 is 0 Å². The van der Waals surface area contributed by atoms with Gasteiger partial charge in [-0.3, -0.25) is 0 Å². The molecule has 0 aliphatic carbocycles. The Kier molecular flexibility index (Phi) is 8.83. The van der Waals surface area contributed by atoms with E-state index in [0.717, 1.165) is 105 Å². The van der Waals surface area contributed by atoms with E-state index in [9.17, 15) is 0 Å². The molecule has 2 aromatic heterocycles. The molecule has 0 spiro atoms. The van der Waals surface area contributed by atoms with Gasteiger partial charge in [0.1, 0.15) is 22.3 Å². The first-order valence-electron chi connectivity index (χ1n) is 21.4. The number of nitrogens with zero attached hydrogens (tertiary/aromatic N) is 1. The molecule has 296 valence electrons. The van der Waals surface area contributed by atoms with Crippen LogP contribution in [0.3, 0.4) is 0 Å². The maximum atomic E-state index is 6.99. The number of rotatable bonds is 8. The molecule has 0 bridgehead atoms. The van der Waals surface area contributed by atoms with Gasteiger partial charge in [0.2, 0.25) is 0 Å². The fourth-order valence-corrected chi connectivity index (χ4v) is 9.13. The average molecular weight is 806 g/mol. The third kappa shape index (κ3) is 6.55. The van der Waals surface area contributed by atoms with Crippen LogP contribution in [0.2, 0.25) is 0 Å². The second kappa shape index (κ2) is 15.3. The number of anilines is 3. The van der Waals surface area contributed by atoms with Gasteiger partial charge in [0.05, 0.1) is 11.1 Å². The van der Waals surface area contributed by atoms with E-state index in [1.165, 1.54) is 11.1 Å². The highest BCUT2D eigenvalue weighted by molar-refractivity contribution is 6.18. The van der Waals surface area contributed by atoms with Gasteiger partial charge in [-0.25, -0.2) is 0 Å². The Morgan fingerprint density at radius 1 is 0.270 bits per heavy atom. The summed E-state index contributed by atoms with van der Waals surface area (Å²) in [6.45, 7) is 0. The summed E-state index contributed by atoms with van der Waals surface area (Å²) >= 11 is 0. The van der Waals surface area contributed by atoms with E-state index in [1.54, 1.807) is 0 Å². The molecule has 3 heteroatoms. The molecule has 0 N–H and O–H groups in total. The highest BCUT2D eigenvalue weighted by Gasteiger charge is 2.24. The lowest BCUT2D eigenvalue weighted by Gasteiger charge is -2.27. The predicted octanol–water partition coefficient (Wildman–Crippen LogP) is 17.3. The van der Waals surface area contributed by atoms with Crippen LogP contribution in [-0.4, -0.2) is 0 Å². The van der Waals surface area contributed by atoms with Gasteiger partial charge in [-0.15, -0.1) is 0 Å². The summed E-state index contributed by atoms with van der Waals surface area (Å²) in [6, 6.07) is 83.9. The summed E-state index contributed by atoms with van der Waals surface area (Å²) in [5.74, 6) is 0. The van der Waals surface area contributed by atoms with Crippen LogP contribution in [0.15, 0.2) is 245 Å². The van der Waals surface area contributed by atoms with Crippen LogP contribution in [0, 0.1) is 0 Å². The van der Waals surface area contributed by atoms with Gasteiger partial charge in [-0.05, 0) is 111 Å². The molecule has 10 aromatic carbocycles. The van der Waals surface area contributed by atoms with E-state index in [2.05, 4.69) is 235 Å². The highest BCUT2D eigenvalue weighted by Crippen LogP contribution is 2.48. The fourth-order valence-electron chi connectivity index (χ4n) is 9.13. The van der Waals surface area contributed by atoms with E-state index in [-0.39, 0.29) is 0 Å². The molecule has 63 heavy (non-hydrogen) atoms. The van der Waals surface area contributed by atoms with Crippen LogP contribution in [0.4, 0.5) is 17.1 Å². The second-order valence-corrected chi connectivity index (χ2v) is 16.1. The number of furan rings is 2. The molecular formula is C60H39NO2. The summed E-state index contributed by atoms with van der Waals surface area (Å²) in [4.78, 5) is 2.35. The topological polar surface area (TPSA) is 29.5 Å². The van der Waals surface area contributed by atoms with Gasteiger partial charge >= 0.3 is 0 Å². The normalized spacial score (nSPS) is 11.5. The molecule has 3 nitrogen and oxygen atoms in total. The Balaban J connectivity index is 1.04. The van der Waals surface area contributed by atoms with Gasteiger partial charge in [0.15, 0.2) is 0 Å². The van der Waals surface area contributed by atoms with Crippen molar-refractivity contribution in [1.29, 1.82) is 0 Å². The molecule has 0 saturated heterocycles. The quantitative estimate of drug-likeness (QED) is 0.153. The minimum Gasteiger partial charge on any atom is -0.456 e. The van der Waals surface area contributed by atoms with Crippen LogP contribution < -0.4 is 4.90 Å². The lowest BCUT2D eigenvalue weighted by molar-refractivity contribution is 0.669. The van der Waals surface area contributed by atoms with Crippen molar-refractivity contribution in [1.82, 2.24) is 0 Å². The molecule has 0 radical (unpaired) electrons. The SMILES string of the molecule is c1ccc(-c2ccc(-c3ccc(N(c4ccc5c(c4)oc4cc(-c6ccccc6)ccc45)c4ccc(-c5ccccc5)c5oc6cc(-c7ccccc7)ccc6c45)cc3)cc2)cc1. The lowest BCUT2D eigenvalue weighted by Crippen LogP contribution is -2.10. The van der Waals surface area contributed by atoms with Crippen molar-refractivity contribution < 1.29 is 8.83 Å². The summed E-state index contributed by atoms with van der Waals surface area (Å²) in [5, 5.41) is 4.27. The van der Waals surface area contributed by atoms with Crippen molar-refractivity contribution in [2.24, 2.45) is 0 Å². The highest BCUT2D eigenvalue weighted by atomic mass is 16.3. The molecule has 12 aromatic rings. The van der Waals surface area contributed by atoms with E-state index in [4.69, 9.17) is 8.83 Å². The minimum absolute atomic E-state index is 0.828. The van der Waals surface area contributed by atoms with Crippen molar-refractivity contribution in [3.63, 3.8) is 0 Å². The first kappa shape index (κ1) is 36.5. The molecule has 0 unspecified atom stereocenters. The third-order valence-electron chi connectivity index (χ3n) is 12.3. The maximum absolute atomic E-state index is 6.99. The molecule has 2 heterocycles. The van der Waals surface area contributed by atoms with Crippen molar-refractivity contribution in [2.45, 2.75) is 0 Å². The fraction of sp³-hybridized carbons (Fsp3) is 0. The maximum Gasteiger partial charge on any atom is 0.145 e. The molecular weight excluding hydrogens is 767 g/mol. The number of hydrogen-bond donors (Lipinski definition) is 0. The zero-order valence-corrected chi connectivity index (χ0v) is 34.3. The predicted molar refractivity (Wildman–Crippen MR) is 263 cm³/mol. The number of fused-ring (bicyclic) bond motifs is 6. The van der Waals surface area contributed by atoms with Crippen molar-refractivity contribution >= 4 is 60.9 Å². The van der Waals surface area contributed by atoms with Gasteiger partial charge in [0.25, 0.3) is 0 Å². The zero-order valence-electron chi connectivity index (χ0n) is 34.3. The Bertz CT molecular complexity index is 3570. The summed E-state index contributed by atoms with van der Waals surface area (Å²) in [6.07, 6.45) is 0. The average Bonchev–Trinajstić information content (AvgIpc) is 3.93. The molecule has 12 rings (SSSR count). The molecule has 0 saturated carbocycles. The Hall–Kier alpha value is -8.40. The summed E-state index contributed by atoms with van der Waals surface area (Å²) in [7, 11) is 0. The van der Waals surface area contributed by atoms with E-state index < -0.39 is 0 Å². The van der Waals surface area contributed by atoms with Crippen molar-refractivity contribution in [3.05, 3.63) is 237 Å². The monoisotopic (exact) mass is 805 g/mol. The smallest absolute Gasteiger partial charge is 0.145 e. The van der Waals surface area contributed by atoms with Gasteiger partial charge in [-0.1, -0.05) is 170 Å². The standard InChI is InChI=1S/C60H39NO2/c1-5-13-40(14-6-1)43-21-23-44(24-22-43)45-25-29-49(30-26-45)61(50-31-34-53-52-32-27-47(41-15-7-2-8-16-41)37-56(52)62-58(53)39-50)55-36-35-51(46-19-11-4-12-20-46)60-59(55)54-33-28-48(38-57(54)63-60)42-17-9-3-10-18-42/h1-39H. The molecule has 0 aliphatic rings. The first-order valence-corrected chi connectivity index (χ1v) is 21.4. The summed E-state index contributed by atoms with van der Waals surface area (Å²) in [5.41, 5.74) is 17.8. The van der Waals surface area contributed by atoms with Gasteiger partial charge in [0, 0.05) is 39.2 Å². The van der Waals surface area contributed by atoms with Crippen LogP contribution in [0.25, 0.3) is 99.5 Å². The van der Waals surface area contributed by atoms with Crippen LogP contribution in [0.5, 0.6) is 0 Å². The van der Waals surface area contributed by atoms with Gasteiger partial charge in [-0.2, -0.15) is 0 Å². The lowest BCUT2D eigenvalue weighted by atomic mass is 9.98. The van der Waals surface area contributed by atoms with Crippen molar-refractivity contribution in [3.8, 4) is 55.6 Å². The minimum atomic E-state index is 0.828. The largest absolute Gasteiger partial charge is 0.456 e. The molecule has 0 aliphatic heterocycles. The molecule has 0 atom stereocenters. The number of hydrogen-bond acceptors (Lipinski definition) is 3. The molecule has 0 amide bonds. The van der Waals surface area contributed by atoms with Crippen molar-refractivity contribution in [2.75, 3.05) is 4.90 Å². The molecule has 0 fully saturated rings. The Labute approximate surface area is 365 Å². The second-order valence-electron chi connectivity index (χ2n) is 16.1. The third-order valence-corrected chi connectivity index (χ3v) is 12.3. The summed E-state index contributed by atoms with van der Waals surface area (Å²) < 4.78 is 13.7. The number of benzene rings is 10. The first-order chi connectivity index (χ1) is 31.2. The van der Waals surface area contributed by atoms with Gasteiger partial charge < -0.3 is 13.7 Å². The van der Waals surface area contributed by atoms with E-state index >= 15 is 0 Å². The van der Waals surface area contributed by atoms with E-state index in [1.807, 2.05) is 6.07 Å². The zero-order chi connectivity index (χ0) is 41.7. The Morgan fingerprint density at radius 2 is 0.667 bits per heavy atom. The Morgan fingerprint density at radius 3 is 1.22 bits per heavy atom. The van der Waals surface area contributed by atoms with E-state index in [0.29, 0.717) is 0 Å². The van der Waals surface area contributed by atoms with Crippen LogP contribution in [0.1, 0.15) is 0 Å².